The lowest BCUT2D eigenvalue weighted by Crippen LogP contribution is -2.30. The van der Waals surface area contributed by atoms with Crippen LogP contribution >= 0.6 is 0 Å². The maximum Gasteiger partial charge on any atom is 0.270 e. The number of non-ortho nitro benzene ring substituents is 1. The molecular weight excluding hydrogens is 338 g/mol. The first-order valence-corrected chi connectivity index (χ1v) is 8.51. The van der Waals surface area contributed by atoms with Crippen molar-refractivity contribution in [3.8, 4) is 5.75 Å². The molecular formula is C18H15N3O5. The average molecular weight is 353 g/mol. The van der Waals surface area contributed by atoms with Gasteiger partial charge in [0.2, 0.25) is 0 Å². The van der Waals surface area contributed by atoms with Gasteiger partial charge in [0.15, 0.2) is 0 Å². The number of nitro benzene ring substituents is 1. The lowest BCUT2D eigenvalue weighted by atomic mass is 9.85. The van der Waals surface area contributed by atoms with E-state index in [2.05, 4.69) is 17.3 Å². The van der Waals surface area contributed by atoms with E-state index in [1.807, 2.05) is 0 Å². The molecule has 4 atom stereocenters. The van der Waals surface area contributed by atoms with Crippen LogP contribution < -0.4 is 0 Å². The van der Waals surface area contributed by atoms with E-state index in [1.165, 1.54) is 12.1 Å². The van der Waals surface area contributed by atoms with Crippen LogP contribution in [0, 0.1) is 39.2 Å². The summed E-state index contributed by atoms with van der Waals surface area (Å²) in [7, 11) is 0. The summed E-state index contributed by atoms with van der Waals surface area (Å²) in [5.74, 6) is -1.32. The molecule has 1 N–H and O–H groups in total. The predicted molar refractivity (Wildman–Crippen MR) is 89.0 cm³/mol. The van der Waals surface area contributed by atoms with Gasteiger partial charge in [-0.3, -0.25) is 19.7 Å². The molecule has 1 heterocycles. The summed E-state index contributed by atoms with van der Waals surface area (Å²) in [6.45, 7) is 0. The summed E-state index contributed by atoms with van der Waals surface area (Å²) in [5, 5.41) is 25.5. The Balaban J connectivity index is 1.44. The quantitative estimate of drug-likeness (QED) is 0.293. The highest BCUT2D eigenvalue weighted by Gasteiger charge is 2.73. The summed E-state index contributed by atoms with van der Waals surface area (Å²) in [6, 6.07) is 3.50. The van der Waals surface area contributed by atoms with Gasteiger partial charge in [-0.25, -0.2) is 0 Å². The third-order valence-corrected chi connectivity index (χ3v) is 6.36. The minimum atomic E-state index is -0.591. The van der Waals surface area contributed by atoms with E-state index in [0.29, 0.717) is 0 Å². The van der Waals surface area contributed by atoms with E-state index < -0.39 is 4.92 Å². The molecule has 8 nitrogen and oxygen atoms in total. The number of imide groups is 1. The molecule has 132 valence electrons. The number of allylic oxidation sites excluding steroid dienone is 2. The van der Waals surface area contributed by atoms with Gasteiger partial charge in [0.05, 0.1) is 23.0 Å². The Morgan fingerprint density at radius 3 is 2.35 bits per heavy atom. The fraction of sp³-hybridized carbons (Fsp3) is 0.389. The third-order valence-electron chi connectivity index (χ3n) is 6.36. The van der Waals surface area contributed by atoms with Gasteiger partial charge in [-0.2, -0.15) is 10.1 Å². The maximum absolute atomic E-state index is 12.8. The Labute approximate surface area is 147 Å². The molecule has 0 aromatic heterocycles. The van der Waals surface area contributed by atoms with Crippen LogP contribution in [0.2, 0.25) is 0 Å². The van der Waals surface area contributed by atoms with Gasteiger partial charge in [-0.1, -0.05) is 12.2 Å². The first-order chi connectivity index (χ1) is 12.4. The summed E-state index contributed by atoms with van der Waals surface area (Å²) in [6.07, 6.45) is 7.40. The second-order valence-corrected chi connectivity index (χ2v) is 7.45. The van der Waals surface area contributed by atoms with E-state index in [9.17, 15) is 24.8 Å². The molecule has 3 fully saturated rings. The molecule has 1 saturated heterocycles. The molecule has 8 heteroatoms. The number of fused-ring (bicyclic) bond motifs is 3. The van der Waals surface area contributed by atoms with Crippen molar-refractivity contribution in [2.75, 3.05) is 0 Å². The number of hydrogen-bond donors (Lipinski definition) is 1. The summed E-state index contributed by atoms with van der Waals surface area (Å²) in [4.78, 5) is 35.8. The van der Waals surface area contributed by atoms with Crippen molar-refractivity contribution >= 4 is 23.7 Å². The van der Waals surface area contributed by atoms with Crippen LogP contribution in [0.3, 0.4) is 0 Å². The van der Waals surface area contributed by atoms with Crippen LogP contribution in [0.5, 0.6) is 5.75 Å². The van der Waals surface area contributed by atoms with Crippen molar-refractivity contribution in [3.05, 3.63) is 46.0 Å². The van der Waals surface area contributed by atoms with Crippen molar-refractivity contribution in [2.24, 2.45) is 34.2 Å². The highest BCUT2D eigenvalue weighted by molar-refractivity contribution is 6.07. The number of hydrazone groups is 1. The number of phenols is 1. The van der Waals surface area contributed by atoms with Crippen LogP contribution in [-0.2, 0) is 9.59 Å². The Kier molecular flexibility index (Phi) is 2.80. The number of hydrogen-bond acceptors (Lipinski definition) is 6. The van der Waals surface area contributed by atoms with Gasteiger partial charge in [0.1, 0.15) is 5.75 Å². The number of benzene rings is 1. The van der Waals surface area contributed by atoms with E-state index in [0.717, 1.165) is 30.1 Å². The molecule has 1 aromatic carbocycles. The molecule has 2 saturated carbocycles. The highest BCUT2D eigenvalue weighted by atomic mass is 16.6. The molecule has 0 unspecified atom stereocenters. The highest BCUT2D eigenvalue weighted by Crippen LogP contribution is 2.73. The lowest BCUT2D eigenvalue weighted by molar-refractivity contribution is -0.384. The van der Waals surface area contributed by atoms with Gasteiger partial charge >= 0.3 is 0 Å². The van der Waals surface area contributed by atoms with Gasteiger partial charge in [0.25, 0.3) is 17.5 Å². The minimum absolute atomic E-state index is 0.0802. The average Bonchev–Trinajstić information content (AvgIpc) is 3.21. The van der Waals surface area contributed by atoms with Crippen molar-refractivity contribution in [1.82, 2.24) is 5.01 Å². The number of amides is 2. The Morgan fingerprint density at radius 1 is 1.19 bits per heavy atom. The summed E-state index contributed by atoms with van der Waals surface area (Å²) < 4.78 is 0. The number of carbonyl (C=O) groups is 2. The number of carbonyl (C=O) groups excluding carboxylic acids is 2. The zero-order valence-electron chi connectivity index (χ0n) is 13.6. The Morgan fingerprint density at radius 2 is 1.81 bits per heavy atom. The SMILES string of the molecule is O=C1[C@@H]2[C@H](C(=O)N1/N=C\c1cc([N+](=O)[O-])ccc1O)[C@H]1C=C[C@H]2C12CC2. The second-order valence-electron chi connectivity index (χ2n) is 7.45. The van der Waals surface area contributed by atoms with Gasteiger partial charge < -0.3 is 5.11 Å². The molecule has 26 heavy (non-hydrogen) atoms. The van der Waals surface area contributed by atoms with Crippen LogP contribution in [0.25, 0.3) is 0 Å². The second kappa shape index (κ2) is 4.78. The van der Waals surface area contributed by atoms with Gasteiger partial charge in [-0.05, 0) is 36.2 Å². The van der Waals surface area contributed by atoms with Crippen molar-refractivity contribution in [1.29, 1.82) is 0 Å². The number of nitrogens with zero attached hydrogens (tertiary/aromatic N) is 3. The molecule has 2 bridgehead atoms. The monoisotopic (exact) mass is 353 g/mol. The van der Waals surface area contributed by atoms with Crippen molar-refractivity contribution < 1.29 is 19.6 Å². The normalized spacial score (nSPS) is 32.8. The zero-order chi connectivity index (χ0) is 18.2. The van der Waals surface area contributed by atoms with E-state index >= 15 is 0 Å². The topological polar surface area (TPSA) is 113 Å². The molecule has 3 aliphatic carbocycles. The van der Waals surface area contributed by atoms with Gasteiger partial charge in [-0.15, -0.1) is 0 Å². The number of nitro groups is 1. The van der Waals surface area contributed by atoms with Crippen LogP contribution in [0.15, 0.2) is 35.5 Å². The third kappa shape index (κ3) is 1.76. The summed E-state index contributed by atoms with van der Waals surface area (Å²) >= 11 is 0. The first kappa shape index (κ1) is 15.2. The summed E-state index contributed by atoms with van der Waals surface area (Å²) in [5.41, 5.74) is -0.0101. The van der Waals surface area contributed by atoms with Gasteiger partial charge in [0, 0.05) is 17.7 Å². The van der Waals surface area contributed by atoms with Crippen molar-refractivity contribution in [2.45, 2.75) is 12.8 Å². The molecule has 0 radical (unpaired) electrons. The predicted octanol–water partition coefficient (Wildman–Crippen LogP) is 1.83. The van der Waals surface area contributed by atoms with Crippen LogP contribution in [-0.4, -0.2) is 33.1 Å². The minimum Gasteiger partial charge on any atom is -0.507 e. The van der Waals surface area contributed by atoms with Crippen LogP contribution in [0.4, 0.5) is 5.69 Å². The van der Waals surface area contributed by atoms with Crippen molar-refractivity contribution in [3.63, 3.8) is 0 Å². The largest absolute Gasteiger partial charge is 0.507 e. The first-order valence-electron chi connectivity index (χ1n) is 8.51. The van der Waals surface area contributed by atoms with E-state index in [4.69, 9.17) is 0 Å². The van der Waals surface area contributed by atoms with E-state index in [1.54, 1.807) is 0 Å². The molecule has 4 aliphatic rings. The van der Waals surface area contributed by atoms with Crippen LogP contribution in [0.1, 0.15) is 18.4 Å². The number of phenolic OH excluding ortho intramolecular Hbond substituents is 1. The molecule has 2 amide bonds. The Hall–Kier alpha value is -3.03. The Bertz CT molecular complexity index is 899. The molecule has 1 spiro atoms. The maximum atomic E-state index is 12.8. The smallest absolute Gasteiger partial charge is 0.270 e. The molecule has 5 rings (SSSR count). The number of rotatable bonds is 3. The lowest BCUT2D eigenvalue weighted by Gasteiger charge is -2.18. The fourth-order valence-corrected chi connectivity index (χ4v) is 5.06. The zero-order valence-corrected chi connectivity index (χ0v) is 13.6. The number of aromatic hydroxyl groups is 1. The fourth-order valence-electron chi connectivity index (χ4n) is 5.06. The molecule has 1 aliphatic heterocycles. The van der Waals surface area contributed by atoms with E-state index in [-0.39, 0.29) is 57.9 Å². The standard InChI is InChI=1S/C18H15N3O5/c22-13-4-1-10(21(25)26)7-9(13)8-19-20-16(23)14-11-2-3-12(15(14)17(20)24)18(11)5-6-18/h1-4,7-8,11-12,14-15,22H,5-6H2/b19-8-/t11-,12-,14-,15+/m1/s1. The molecule has 1 aromatic rings.